The maximum absolute atomic E-state index is 11.6. The second-order valence-electron chi connectivity index (χ2n) is 3.57. The Morgan fingerprint density at radius 3 is 2.75 bits per heavy atom. The van der Waals surface area contributed by atoms with Crippen LogP contribution in [0.1, 0.15) is 12.0 Å². The number of nitrogens with one attached hydrogen (secondary N) is 1. The van der Waals surface area contributed by atoms with E-state index in [-0.39, 0.29) is 11.2 Å². The predicted octanol–water partition coefficient (Wildman–Crippen LogP) is 2.22. The van der Waals surface area contributed by atoms with Gasteiger partial charge in [-0.15, -0.1) is 6.58 Å². The normalized spacial score (nSPS) is 11.8. The van der Waals surface area contributed by atoms with Gasteiger partial charge >= 0.3 is 0 Å². The van der Waals surface area contributed by atoms with Gasteiger partial charge in [0.1, 0.15) is 0 Å². The highest BCUT2D eigenvalue weighted by Gasteiger charge is 2.13. The number of amides is 1. The van der Waals surface area contributed by atoms with Crippen LogP contribution in [0.3, 0.4) is 0 Å². The maximum Gasteiger partial charge on any atom is 0.233 e. The lowest BCUT2D eigenvalue weighted by molar-refractivity contribution is -0.120. The van der Waals surface area contributed by atoms with Gasteiger partial charge in [-0.1, -0.05) is 36.4 Å². The van der Waals surface area contributed by atoms with E-state index in [4.69, 9.17) is 0 Å². The van der Waals surface area contributed by atoms with Gasteiger partial charge < -0.3 is 5.32 Å². The fraction of sp³-hybridized carbons (Fsp3) is 0.308. The van der Waals surface area contributed by atoms with Crippen LogP contribution in [0, 0.1) is 0 Å². The lowest BCUT2D eigenvalue weighted by Crippen LogP contribution is -2.33. The lowest BCUT2D eigenvalue weighted by Gasteiger charge is -2.10. The molecule has 1 atom stereocenters. The van der Waals surface area contributed by atoms with Crippen molar-refractivity contribution >= 4 is 18.5 Å². The molecule has 1 rings (SSSR count). The minimum Gasteiger partial charge on any atom is -0.355 e. The van der Waals surface area contributed by atoms with E-state index in [9.17, 15) is 4.79 Å². The monoisotopic (exact) mass is 235 g/mol. The smallest absolute Gasteiger partial charge is 0.233 e. The Bertz CT molecular complexity index is 337. The van der Waals surface area contributed by atoms with Gasteiger partial charge in [-0.3, -0.25) is 4.79 Å². The van der Waals surface area contributed by atoms with Crippen LogP contribution in [0.4, 0.5) is 0 Å². The van der Waals surface area contributed by atoms with Gasteiger partial charge in [-0.25, -0.2) is 0 Å². The topological polar surface area (TPSA) is 29.1 Å². The molecular formula is C13H17NOS. The Balaban J connectivity index is 2.37. The van der Waals surface area contributed by atoms with Crippen LogP contribution in [-0.2, 0) is 11.2 Å². The molecule has 86 valence electrons. The summed E-state index contributed by atoms with van der Waals surface area (Å²) in [6.45, 7) is 4.23. The Hall–Kier alpha value is -1.22. The molecule has 0 fully saturated rings. The van der Waals surface area contributed by atoms with Gasteiger partial charge in [-0.2, -0.15) is 12.6 Å². The van der Waals surface area contributed by atoms with Crippen LogP contribution in [0.2, 0.25) is 0 Å². The molecule has 1 unspecified atom stereocenters. The molecule has 0 saturated heterocycles. The molecule has 0 spiro atoms. The molecule has 0 aliphatic rings. The second kappa shape index (κ2) is 7.12. The highest BCUT2D eigenvalue weighted by Crippen LogP contribution is 2.07. The molecule has 0 heterocycles. The standard InChI is InChI=1S/C13H17NOS/c1-2-3-9-14-13(15)12(16)10-11-7-5-4-6-8-11/h2,4-8,12,16H,1,3,9-10H2,(H,14,15). The zero-order valence-corrected chi connectivity index (χ0v) is 10.1. The first-order chi connectivity index (χ1) is 7.74. The molecule has 2 nitrogen and oxygen atoms in total. The number of hydrogen-bond donors (Lipinski definition) is 2. The van der Waals surface area contributed by atoms with Gasteiger partial charge in [0, 0.05) is 6.54 Å². The van der Waals surface area contributed by atoms with Crippen LogP contribution in [-0.4, -0.2) is 17.7 Å². The summed E-state index contributed by atoms with van der Waals surface area (Å²) >= 11 is 4.30. The zero-order valence-electron chi connectivity index (χ0n) is 9.23. The van der Waals surface area contributed by atoms with Crippen molar-refractivity contribution in [1.82, 2.24) is 5.32 Å². The first-order valence-electron chi connectivity index (χ1n) is 5.34. The summed E-state index contributed by atoms with van der Waals surface area (Å²) in [7, 11) is 0. The fourth-order valence-corrected chi connectivity index (χ4v) is 1.65. The number of benzene rings is 1. The van der Waals surface area contributed by atoms with Gasteiger partial charge in [0.25, 0.3) is 0 Å². The van der Waals surface area contributed by atoms with E-state index in [1.165, 1.54) is 0 Å². The van der Waals surface area contributed by atoms with E-state index < -0.39 is 0 Å². The van der Waals surface area contributed by atoms with Gasteiger partial charge in [-0.05, 0) is 18.4 Å². The molecule has 0 aliphatic carbocycles. The third-order valence-electron chi connectivity index (χ3n) is 2.22. The Morgan fingerprint density at radius 1 is 1.44 bits per heavy atom. The summed E-state index contributed by atoms with van der Waals surface area (Å²) in [6.07, 6.45) is 3.23. The minimum atomic E-state index is -0.285. The summed E-state index contributed by atoms with van der Waals surface area (Å²) in [5.41, 5.74) is 1.13. The third-order valence-corrected chi connectivity index (χ3v) is 2.64. The molecule has 1 aromatic carbocycles. The van der Waals surface area contributed by atoms with Gasteiger partial charge in [0.15, 0.2) is 0 Å². The largest absolute Gasteiger partial charge is 0.355 e. The molecule has 1 aromatic rings. The van der Waals surface area contributed by atoms with Crippen molar-refractivity contribution in [1.29, 1.82) is 0 Å². The molecule has 0 bridgehead atoms. The molecule has 0 saturated carbocycles. The summed E-state index contributed by atoms with van der Waals surface area (Å²) < 4.78 is 0. The Labute approximate surface area is 102 Å². The van der Waals surface area contributed by atoms with E-state index in [0.29, 0.717) is 13.0 Å². The molecule has 0 aliphatic heterocycles. The first kappa shape index (κ1) is 12.8. The van der Waals surface area contributed by atoms with Gasteiger partial charge in [0.2, 0.25) is 5.91 Å². The molecule has 0 aromatic heterocycles. The number of thiol groups is 1. The third kappa shape index (κ3) is 4.53. The predicted molar refractivity (Wildman–Crippen MR) is 70.7 cm³/mol. The average molecular weight is 235 g/mol. The summed E-state index contributed by atoms with van der Waals surface area (Å²) in [5, 5.41) is 2.53. The molecular weight excluding hydrogens is 218 g/mol. The quantitative estimate of drug-likeness (QED) is 0.442. The van der Waals surface area contributed by atoms with Crippen LogP contribution in [0.15, 0.2) is 43.0 Å². The van der Waals surface area contributed by atoms with E-state index in [2.05, 4.69) is 24.5 Å². The summed E-state index contributed by atoms with van der Waals surface area (Å²) in [4.78, 5) is 11.6. The van der Waals surface area contributed by atoms with Crippen molar-refractivity contribution in [3.8, 4) is 0 Å². The summed E-state index contributed by atoms with van der Waals surface area (Å²) in [6, 6.07) is 9.89. The number of hydrogen-bond acceptors (Lipinski definition) is 2. The van der Waals surface area contributed by atoms with Crippen LogP contribution < -0.4 is 5.32 Å². The molecule has 16 heavy (non-hydrogen) atoms. The van der Waals surface area contributed by atoms with Crippen molar-refractivity contribution in [2.45, 2.75) is 18.1 Å². The number of rotatable bonds is 6. The molecule has 0 radical (unpaired) electrons. The highest BCUT2D eigenvalue weighted by atomic mass is 32.1. The minimum absolute atomic E-state index is 0.0194. The van der Waals surface area contributed by atoms with Crippen LogP contribution in [0.25, 0.3) is 0 Å². The van der Waals surface area contributed by atoms with E-state index in [1.54, 1.807) is 6.08 Å². The van der Waals surface area contributed by atoms with Crippen molar-refractivity contribution in [2.75, 3.05) is 6.54 Å². The van der Waals surface area contributed by atoms with Crippen LogP contribution >= 0.6 is 12.6 Å². The lowest BCUT2D eigenvalue weighted by atomic mass is 10.1. The Kier molecular flexibility index (Phi) is 5.72. The molecule has 1 N–H and O–H groups in total. The number of carbonyl (C=O) groups excluding carboxylic acids is 1. The van der Waals surface area contributed by atoms with Gasteiger partial charge in [0.05, 0.1) is 5.25 Å². The fourth-order valence-electron chi connectivity index (χ4n) is 1.35. The first-order valence-corrected chi connectivity index (χ1v) is 5.86. The van der Waals surface area contributed by atoms with Crippen LogP contribution in [0.5, 0.6) is 0 Å². The van der Waals surface area contributed by atoms with E-state index in [1.807, 2.05) is 30.3 Å². The Morgan fingerprint density at radius 2 is 2.12 bits per heavy atom. The van der Waals surface area contributed by atoms with E-state index >= 15 is 0 Å². The van der Waals surface area contributed by atoms with E-state index in [0.717, 1.165) is 12.0 Å². The second-order valence-corrected chi connectivity index (χ2v) is 4.20. The van der Waals surface area contributed by atoms with Crippen molar-refractivity contribution < 1.29 is 4.79 Å². The molecule has 3 heteroatoms. The average Bonchev–Trinajstić information content (AvgIpc) is 2.30. The van der Waals surface area contributed by atoms with Crippen molar-refractivity contribution in [3.63, 3.8) is 0 Å². The van der Waals surface area contributed by atoms with Crippen molar-refractivity contribution in [3.05, 3.63) is 48.6 Å². The zero-order chi connectivity index (χ0) is 11.8. The maximum atomic E-state index is 11.6. The van der Waals surface area contributed by atoms with Crippen molar-refractivity contribution in [2.24, 2.45) is 0 Å². The SMILES string of the molecule is C=CCCNC(=O)C(S)Cc1ccccc1. The molecule has 1 amide bonds. The summed E-state index contributed by atoms with van der Waals surface area (Å²) in [5.74, 6) is -0.0194. The number of carbonyl (C=O) groups is 1. The highest BCUT2D eigenvalue weighted by molar-refractivity contribution is 7.81.